The molecule has 0 aromatic rings. The van der Waals surface area contributed by atoms with Gasteiger partial charge in [-0.25, -0.2) is 4.79 Å². The van der Waals surface area contributed by atoms with Gasteiger partial charge in [-0.05, 0) is 6.92 Å². The first kappa shape index (κ1) is 8.84. The number of carbonyl (C=O) groups excluding carboxylic acids is 1. The lowest BCUT2D eigenvalue weighted by Crippen LogP contribution is -2.30. The van der Waals surface area contributed by atoms with E-state index < -0.39 is 0 Å². The van der Waals surface area contributed by atoms with Gasteiger partial charge in [0.05, 0.1) is 5.76 Å². The predicted molar refractivity (Wildman–Crippen MR) is 44.4 cm³/mol. The van der Waals surface area contributed by atoms with Crippen molar-refractivity contribution in [1.29, 1.82) is 0 Å². The van der Waals surface area contributed by atoms with Crippen molar-refractivity contribution in [2.24, 2.45) is 0 Å². The number of carbonyl (C=O) groups is 1. The van der Waals surface area contributed by atoms with Crippen molar-refractivity contribution < 1.29 is 14.3 Å². The van der Waals surface area contributed by atoms with E-state index >= 15 is 0 Å². The Kier molecular flexibility index (Phi) is 2.53. The van der Waals surface area contributed by atoms with Gasteiger partial charge in [0.1, 0.15) is 12.7 Å². The molecule has 0 aliphatic carbocycles. The molecule has 1 rings (SSSR count). The van der Waals surface area contributed by atoms with Gasteiger partial charge in [0.15, 0.2) is 0 Å². The Balaban J connectivity index is 2.14. The maximum atomic E-state index is 10.9. The molecule has 3 heteroatoms. The Morgan fingerprint density at radius 1 is 1.83 bits per heavy atom. The predicted octanol–water partition coefficient (Wildman–Crippen LogP) is 1.41. The van der Waals surface area contributed by atoms with E-state index in [1.54, 1.807) is 6.92 Å². The summed E-state index contributed by atoms with van der Waals surface area (Å²) < 4.78 is 9.92. The first-order valence-corrected chi connectivity index (χ1v) is 3.76. The summed E-state index contributed by atoms with van der Waals surface area (Å²) >= 11 is 0. The fourth-order valence-corrected chi connectivity index (χ4v) is 0.865. The second kappa shape index (κ2) is 3.43. The highest BCUT2D eigenvalue weighted by atomic mass is 16.6. The lowest BCUT2D eigenvalue weighted by atomic mass is 10.1. The zero-order valence-corrected chi connectivity index (χ0v) is 7.13. The van der Waals surface area contributed by atoms with Gasteiger partial charge in [0.2, 0.25) is 0 Å². The molecule has 0 radical (unpaired) electrons. The van der Waals surface area contributed by atoms with Gasteiger partial charge in [-0.2, -0.15) is 0 Å². The molecule has 12 heavy (non-hydrogen) atoms. The Morgan fingerprint density at radius 3 is 2.83 bits per heavy atom. The van der Waals surface area contributed by atoms with Crippen LogP contribution in [-0.4, -0.2) is 18.7 Å². The first-order valence-electron chi connectivity index (χ1n) is 3.76. The minimum Gasteiger partial charge on any atom is -0.491 e. The highest BCUT2D eigenvalue weighted by molar-refractivity contribution is 5.86. The molecule has 1 saturated heterocycles. The van der Waals surface area contributed by atoms with Crippen LogP contribution >= 0.6 is 0 Å². The molecule has 1 aliphatic heterocycles. The summed E-state index contributed by atoms with van der Waals surface area (Å²) in [4.78, 5) is 10.9. The van der Waals surface area contributed by atoms with Crippen LogP contribution in [0.1, 0.15) is 13.3 Å². The van der Waals surface area contributed by atoms with Crippen molar-refractivity contribution in [2.75, 3.05) is 6.61 Å². The molecular formula is C9H12O3. The molecule has 0 aromatic heterocycles. The molecule has 1 heterocycles. The average molecular weight is 168 g/mol. The van der Waals surface area contributed by atoms with Crippen LogP contribution in [0.2, 0.25) is 0 Å². The van der Waals surface area contributed by atoms with E-state index in [2.05, 4.69) is 13.2 Å². The van der Waals surface area contributed by atoms with Crippen LogP contribution in [-0.2, 0) is 14.3 Å². The van der Waals surface area contributed by atoms with Crippen molar-refractivity contribution in [3.8, 4) is 0 Å². The van der Waals surface area contributed by atoms with Gasteiger partial charge in [0, 0.05) is 12.0 Å². The van der Waals surface area contributed by atoms with Crippen LogP contribution in [0.4, 0.5) is 0 Å². The van der Waals surface area contributed by atoms with Gasteiger partial charge in [-0.1, -0.05) is 13.2 Å². The lowest BCUT2D eigenvalue weighted by Gasteiger charge is -2.29. The molecule has 0 N–H and O–H groups in total. The second-order valence-electron chi connectivity index (χ2n) is 2.86. The number of hydrogen-bond donors (Lipinski definition) is 0. The van der Waals surface area contributed by atoms with Gasteiger partial charge in [-0.15, -0.1) is 0 Å². The van der Waals surface area contributed by atoms with Crippen LogP contribution in [0.5, 0.6) is 0 Å². The molecule has 1 aliphatic rings. The van der Waals surface area contributed by atoms with E-state index in [4.69, 9.17) is 9.47 Å². The summed E-state index contributed by atoms with van der Waals surface area (Å²) in [5.41, 5.74) is 0.410. The summed E-state index contributed by atoms with van der Waals surface area (Å²) in [5.74, 6) is 0.391. The topological polar surface area (TPSA) is 35.5 Å². The van der Waals surface area contributed by atoms with E-state index in [-0.39, 0.29) is 12.1 Å². The van der Waals surface area contributed by atoms with Crippen LogP contribution in [0.3, 0.4) is 0 Å². The molecule has 1 atom stereocenters. The highest BCUT2D eigenvalue weighted by Crippen LogP contribution is 2.22. The van der Waals surface area contributed by atoms with Crippen LogP contribution in [0.25, 0.3) is 0 Å². The van der Waals surface area contributed by atoms with Gasteiger partial charge in [0.25, 0.3) is 0 Å². The maximum absolute atomic E-state index is 10.9. The van der Waals surface area contributed by atoms with Crippen molar-refractivity contribution in [3.05, 3.63) is 24.5 Å². The summed E-state index contributed by atoms with van der Waals surface area (Å²) in [6.07, 6.45) is 0.782. The molecular weight excluding hydrogens is 156 g/mol. The first-order chi connectivity index (χ1) is 5.59. The average Bonchev–Trinajstić information content (AvgIpc) is 1.95. The lowest BCUT2D eigenvalue weighted by molar-refractivity contribution is -0.145. The van der Waals surface area contributed by atoms with Gasteiger partial charge < -0.3 is 9.47 Å². The van der Waals surface area contributed by atoms with E-state index in [1.165, 1.54) is 0 Å². The Bertz CT molecular complexity index is 222. The Labute approximate surface area is 71.7 Å². The third-order valence-corrected chi connectivity index (χ3v) is 1.54. The summed E-state index contributed by atoms with van der Waals surface area (Å²) in [6.45, 7) is 8.96. The number of hydrogen-bond acceptors (Lipinski definition) is 3. The van der Waals surface area contributed by atoms with Crippen molar-refractivity contribution in [1.82, 2.24) is 0 Å². The van der Waals surface area contributed by atoms with E-state index in [0.717, 1.165) is 12.2 Å². The van der Waals surface area contributed by atoms with E-state index in [1.807, 2.05) is 0 Å². The molecule has 66 valence electrons. The highest BCUT2D eigenvalue weighted by Gasteiger charge is 2.24. The molecule has 1 fully saturated rings. The summed E-state index contributed by atoms with van der Waals surface area (Å²) in [5, 5.41) is 0. The van der Waals surface area contributed by atoms with Crippen molar-refractivity contribution >= 4 is 5.97 Å². The van der Waals surface area contributed by atoms with E-state index in [0.29, 0.717) is 12.2 Å². The van der Waals surface area contributed by atoms with E-state index in [9.17, 15) is 4.79 Å². The van der Waals surface area contributed by atoms with Gasteiger partial charge in [-0.3, -0.25) is 0 Å². The van der Waals surface area contributed by atoms with Crippen LogP contribution in [0, 0.1) is 0 Å². The molecule has 0 amide bonds. The molecule has 3 nitrogen and oxygen atoms in total. The fraction of sp³-hybridized carbons (Fsp3) is 0.444. The zero-order chi connectivity index (χ0) is 9.14. The smallest absolute Gasteiger partial charge is 0.333 e. The molecule has 0 spiro atoms. The molecule has 1 unspecified atom stereocenters. The fourth-order valence-electron chi connectivity index (χ4n) is 0.865. The van der Waals surface area contributed by atoms with Crippen LogP contribution < -0.4 is 0 Å². The number of ether oxygens (including phenoxy) is 2. The summed E-state index contributed by atoms with van der Waals surface area (Å²) in [7, 11) is 0. The second-order valence-corrected chi connectivity index (χ2v) is 2.86. The Hall–Kier alpha value is -1.25. The minimum absolute atomic E-state index is 0.000741. The third-order valence-electron chi connectivity index (χ3n) is 1.54. The number of esters is 1. The standard InChI is InChI=1S/C9H12O3/c1-6(2)9(10)11-5-8-4-7(3)12-8/h8H,1,3-5H2,2H3. The molecule has 0 saturated carbocycles. The molecule has 0 bridgehead atoms. The maximum Gasteiger partial charge on any atom is 0.333 e. The number of rotatable bonds is 3. The largest absolute Gasteiger partial charge is 0.491 e. The normalized spacial score (nSPS) is 20.8. The Morgan fingerprint density at radius 2 is 2.42 bits per heavy atom. The SMILES string of the molecule is C=C1CC(COC(=O)C(=C)C)O1. The van der Waals surface area contributed by atoms with Crippen LogP contribution in [0.15, 0.2) is 24.5 Å². The van der Waals surface area contributed by atoms with Crippen molar-refractivity contribution in [2.45, 2.75) is 19.4 Å². The zero-order valence-electron chi connectivity index (χ0n) is 7.13. The minimum atomic E-state index is -0.365. The van der Waals surface area contributed by atoms with Gasteiger partial charge >= 0.3 is 5.97 Å². The summed E-state index contributed by atoms with van der Waals surface area (Å²) in [6, 6.07) is 0. The molecule has 0 aromatic carbocycles. The quantitative estimate of drug-likeness (QED) is 0.472. The van der Waals surface area contributed by atoms with Crippen molar-refractivity contribution in [3.63, 3.8) is 0 Å². The third kappa shape index (κ3) is 2.12. The monoisotopic (exact) mass is 168 g/mol.